The van der Waals surface area contributed by atoms with Crippen molar-refractivity contribution in [1.29, 1.82) is 0 Å². The molecular formula is C25H21F2N3O4. The number of pyridine rings is 1. The average molecular weight is 465 g/mol. The maximum Gasteiger partial charge on any atom is 0.283 e. The number of nitrogens with two attached hydrogens (primary N) is 1. The smallest absolute Gasteiger partial charge is 0.283 e. The van der Waals surface area contributed by atoms with Crippen LogP contribution in [0.3, 0.4) is 0 Å². The number of aromatic nitrogens is 1. The van der Waals surface area contributed by atoms with Crippen molar-refractivity contribution in [1.82, 2.24) is 4.98 Å². The first-order chi connectivity index (χ1) is 16.4. The Morgan fingerprint density at radius 1 is 1.09 bits per heavy atom. The predicted octanol–water partition coefficient (Wildman–Crippen LogP) is 4.14. The first-order valence-corrected chi connectivity index (χ1v) is 10.8. The molecule has 1 fully saturated rings. The number of aliphatic imine (C=N–C) groups is 1. The lowest BCUT2D eigenvalue weighted by Crippen LogP contribution is -2.44. The Kier molecular flexibility index (Phi) is 4.54. The minimum absolute atomic E-state index is 0.0254. The maximum absolute atomic E-state index is 15.3. The van der Waals surface area contributed by atoms with Gasteiger partial charge in [-0.2, -0.15) is 4.39 Å². The topological polar surface area (TPSA) is 88.2 Å². The molecule has 3 aromatic rings. The fourth-order valence-corrected chi connectivity index (χ4v) is 4.53. The highest BCUT2D eigenvalue weighted by Gasteiger charge is 2.48. The van der Waals surface area contributed by atoms with Gasteiger partial charge in [0, 0.05) is 34.4 Å². The number of amidine groups is 1. The van der Waals surface area contributed by atoms with E-state index in [1.807, 2.05) is 6.92 Å². The van der Waals surface area contributed by atoms with Crippen molar-refractivity contribution in [2.24, 2.45) is 16.1 Å². The number of benzene rings is 2. The monoisotopic (exact) mass is 465 g/mol. The number of fused-ring (bicyclic) bond motifs is 4. The highest BCUT2D eigenvalue weighted by Crippen LogP contribution is 2.53. The fraction of sp³-hybridized carbons (Fsp3) is 0.280. The Labute approximate surface area is 194 Å². The second-order valence-electron chi connectivity index (χ2n) is 9.13. The Bertz CT molecular complexity index is 1340. The molecule has 1 spiro atoms. The first-order valence-electron chi connectivity index (χ1n) is 10.8. The molecular weight excluding hydrogens is 444 g/mol. The molecule has 6 rings (SSSR count). The van der Waals surface area contributed by atoms with Gasteiger partial charge in [-0.15, -0.1) is 0 Å². The molecule has 7 nitrogen and oxygen atoms in total. The second-order valence-corrected chi connectivity index (χ2v) is 9.13. The standard InChI is InChI=1S/C25H21F2N3O4/c1-24(10-31-11-24)12-32-15-8-18-21(19(26)9-15)34-20-5-4-14(16-3-2-6-29-22(16)27)7-17(20)25(18)13-33-23(28)30-25/h2-9H,10-13H2,1H3,(H2,28,30)/t25-/m0/s1. The van der Waals surface area contributed by atoms with E-state index in [9.17, 15) is 4.39 Å². The Morgan fingerprint density at radius 2 is 1.94 bits per heavy atom. The van der Waals surface area contributed by atoms with Crippen LogP contribution in [-0.4, -0.2) is 37.4 Å². The average Bonchev–Trinajstić information content (AvgIpc) is 3.20. The molecule has 0 amide bonds. The van der Waals surface area contributed by atoms with Crippen molar-refractivity contribution >= 4 is 6.02 Å². The molecule has 0 radical (unpaired) electrons. The van der Waals surface area contributed by atoms with Crippen molar-refractivity contribution in [2.75, 3.05) is 26.4 Å². The number of hydrogen-bond donors (Lipinski definition) is 1. The van der Waals surface area contributed by atoms with Crippen LogP contribution in [0.25, 0.3) is 11.1 Å². The van der Waals surface area contributed by atoms with Gasteiger partial charge in [-0.3, -0.25) is 0 Å². The molecule has 2 aromatic carbocycles. The molecule has 3 aliphatic heterocycles. The van der Waals surface area contributed by atoms with Crippen molar-refractivity contribution in [3.63, 3.8) is 0 Å². The van der Waals surface area contributed by atoms with Gasteiger partial charge in [0.15, 0.2) is 17.1 Å². The predicted molar refractivity (Wildman–Crippen MR) is 119 cm³/mol. The number of hydrogen-bond acceptors (Lipinski definition) is 7. The number of ether oxygens (including phenoxy) is 4. The van der Waals surface area contributed by atoms with Crippen LogP contribution in [0.1, 0.15) is 18.1 Å². The van der Waals surface area contributed by atoms with Gasteiger partial charge in [-0.25, -0.2) is 14.4 Å². The summed E-state index contributed by atoms with van der Waals surface area (Å²) < 4.78 is 52.4. The Balaban J connectivity index is 1.47. The lowest BCUT2D eigenvalue weighted by Gasteiger charge is -2.38. The van der Waals surface area contributed by atoms with E-state index in [4.69, 9.17) is 24.7 Å². The van der Waals surface area contributed by atoms with Gasteiger partial charge in [0.1, 0.15) is 18.1 Å². The summed E-state index contributed by atoms with van der Waals surface area (Å²) in [5, 5.41) is 0. The van der Waals surface area contributed by atoms with Crippen LogP contribution in [0.2, 0.25) is 0 Å². The number of rotatable bonds is 4. The van der Waals surface area contributed by atoms with E-state index in [1.165, 1.54) is 12.3 Å². The first kappa shape index (κ1) is 20.9. The quantitative estimate of drug-likeness (QED) is 0.583. The van der Waals surface area contributed by atoms with Gasteiger partial charge in [-0.05, 0) is 35.9 Å². The van der Waals surface area contributed by atoms with Crippen LogP contribution in [0.15, 0.2) is 53.7 Å². The molecule has 0 aliphatic carbocycles. The summed E-state index contributed by atoms with van der Waals surface area (Å²) in [7, 11) is 0. The number of nitrogens with zero attached hydrogens (tertiary/aromatic N) is 2. The van der Waals surface area contributed by atoms with Gasteiger partial charge >= 0.3 is 0 Å². The molecule has 1 aromatic heterocycles. The lowest BCUT2D eigenvalue weighted by molar-refractivity contribution is -0.120. The zero-order valence-electron chi connectivity index (χ0n) is 18.3. The summed E-state index contributed by atoms with van der Waals surface area (Å²) in [6.45, 7) is 3.63. The minimum atomic E-state index is -1.18. The zero-order chi connectivity index (χ0) is 23.5. The summed E-state index contributed by atoms with van der Waals surface area (Å²) >= 11 is 0. The third-order valence-electron chi connectivity index (χ3n) is 6.39. The van der Waals surface area contributed by atoms with E-state index < -0.39 is 17.3 Å². The summed E-state index contributed by atoms with van der Waals surface area (Å²) in [6.07, 6.45) is 1.38. The molecule has 9 heteroatoms. The number of halogens is 2. The van der Waals surface area contributed by atoms with Crippen molar-refractivity contribution in [2.45, 2.75) is 12.5 Å². The van der Waals surface area contributed by atoms with Gasteiger partial charge in [0.05, 0.1) is 19.8 Å². The van der Waals surface area contributed by atoms with Crippen molar-refractivity contribution in [3.8, 4) is 28.4 Å². The third-order valence-corrected chi connectivity index (χ3v) is 6.39. The van der Waals surface area contributed by atoms with E-state index in [0.29, 0.717) is 53.6 Å². The summed E-state index contributed by atoms with van der Waals surface area (Å²) in [5.41, 5.74) is 6.53. The van der Waals surface area contributed by atoms with Crippen LogP contribution in [0, 0.1) is 17.2 Å². The Hall–Kier alpha value is -3.72. The third kappa shape index (κ3) is 3.19. The van der Waals surface area contributed by atoms with Crippen LogP contribution >= 0.6 is 0 Å². The Morgan fingerprint density at radius 3 is 2.65 bits per heavy atom. The lowest BCUT2D eigenvalue weighted by atomic mass is 9.80. The molecule has 4 heterocycles. The SMILES string of the molecule is CC1(COc2cc(F)c3c(c2)[C@]2(COC(N)=N2)c2cc(-c4cccnc4F)ccc2O3)COC1. The van der Waals surface area contributed by atoms with Crippen molar-refractivity contribution < 1.29 is 27.7 Å². The molecule has 34 heavy (non-hydrogen) atoms. The zero-order valence-corrected chi connectivity index (χ0v) is 18.3. The van der Waals surface area contributed by atoms with E-state index >= 15 is 4.39 Å². The molecule has 1 saturated heterocycles. The maximum atomic E-state index is 15.3. The van der Waals surface area contributed by atoms with Crippen LogP contribution in [0.4, 0.5) is 8.78 Å². The fourth-order valence-electron chi connectivity index (χ4n) is 4.53. The van der Waals surface area contributed by atoms with Gasteiger partial charge in [-0.1, -0.05) is 13.0 Å². The molecule has 0 unspecified atom stereocenters. The molecule has 1 atom stereocenters. The van der Waals surface area contributed by atoms with E-state index in [2.05, 4.69) is 9.98 Å². The van der Waals surface area contributed by atoms with Gasteiger partial charge in [0.2, 0.25) is 5.95 Å². The summed E-state index contributed by atoms with van der Waals surface area (Å²) in [4.78, 5) is 8.31. The van der Waals surface area contributed by atoms with E-state index in [-0.39, 0.29) is 23.8 Å². The van der Waals surface area contributed by atoms with Crippen LogP contribution in [0.5, 0.6) is 17.2 Å². The molecule has 3 aliphatic rings. The van der Waals surface area contributed by atoms with E-state index in [1.54, 1.807) is 36.4 Å². The highest BCUT2D eigenvalue weighted by atomic mass is 19.1. The molecule has 2 N–H and O–H groups in total. The normalized spacial score (nSPS) is 21.6. The van der Waals surface area contributed by atoms with E-state index in [0.717, 1.165) is 0 Å². The summed E-state index contributed by atoms with van der Waals surface area (Å²) in [6, 6.07) is 11.4. The highest BCUT2D eigenvalue weighted by molar-refractivity contribution is 5.78. The molecule has 0 saturated carbocycles. The van der Waals surface area contributed by atoms with Gasteiger partial charge < -0.3 is 24.7 Å². The minimum Gasteiger partial charge on any atom is -0.493 e. The molecule has 0 bridgehead atoms. The van der Waals surface area contributed by atoms with Gasteiger partial charge in [0.25, 0.3) is 6.02 Å². The van der Waals surface area contributed by atoms with Crippen molar-refractivity contribution in [3.05, 3.63) is 71.6 Å². The second kappa shape index (κ2) is 7.39. The van der Waals surface area contributed by atoms with Crippen LogP contribution < -0.4 is 15.2 Å². The molecule has 174 valence electrons. The largest absolute Gasteiger partial charge is 0.493 e. The van der Waals surface area contributed by atoms with Crippen LogP contribution in [-0.2, 0) is 15.0 Å². The summed E-state index contributed by atoms with van der Waals surface area (Å²) in [5.74, 6) is -0.439.